The molecular formula is C23H24N4O2S. The summed E-state index contributed by atoms with van der Waals surface area (Å²) in [7, 11) is 0. The Morgan fingerprint density at radius 1 is 1.17 bits per heavy atom. The van der Waals surface area contributed by atoms with E-state index in [9.17, 15) is 9.59 Å². The molecule has 4 rings (SSSR count). The van der Waals surface area contributed by atoms with E-state index in [0.29, 0.717) is 23.2 Å². The number of nitrogens with zero attached hydrogens (tertiary/aromatic N) is 3. The molecule has 0 fully saturated rings. The predicted molar refractivity (Wildman–Crippen MR) is 120 cm³/mol. The summed E-state index contributed by atoms with van der Waals surface area (Å²) in [6.07, 6.45) is -0.385. The van der Waals surface area contributed by atoms with Gasteiger partial charge in [-0.05, 0) is 30.2 Å². The smallest absolute Gasteiger partial charge is 0.257 e. The van der Waals surface area contributed by atoms with Gasteiger partial charge in [0.2, 0.25) is 5.91 Å². The summed E-state index contributed by atoms with van der Waals surface area (Å²) in [5.74, 6) is 0.183. The molecule has 0 saturated heterocycles. The number of rotatable bonds is 5. The zero-order chi connectivity index (χ0) is 21.3. The van der Waals surface area contributed by atoms with E-state index in [1.165, 1.54) is 18.3 Å². The fourth-order valence-corrected chi connectivity index (χ4v) is 4.52. The molecule has 1 atom stereocenters. The van der Waals surface area contributed by atoms with Crippen LogP contribution in [-0.2, 0) is 4.79 Å². The van der Waals surface area contributed by atoms with Crippen LogP contribution in [0, 0.1) is 5.92 Å². The highest BCUT2D eigenvalue weighted by Gasteiger charge is 2.35. The lowest BCUT2D eigenvalue weighted by Crippen LogP contribution is -2.44. The Balaban J connectivity index is 1.72. The Bertz CT molecular complexity index is 1060. The number of hydrogen-bond acceptors (Lipinski definition) is 5. The molecule has 0 bridgehead atoms. The molecule has 154 valence electrons. The summed E-state index contributed by atoms with van der Waals surface area (Å²) in [6.45, 7) is 6.30. The monoisotopic (exact) mass is 420 g/mol. The standard InChI is InChI=1S/C23H24N4O2S/c1-15(2)13-26-21(24-19-12-8-7-11-18(19)22(26)29)20-14-30-23(25-20)27(16(3)28)17-9-5-4-6-10-17/h4-12,14-15,21,24H,13H2,1-3H3. The van der Waals surface area contributed by atoms with Crippen molar-refractivity contribution in [1.82, 2.24) is 9.88 Å². The van der Waals surface area contributed by atoms with Gasteiger partial charge in [0, 0.05) is 24.5 Å². The molecule has 0 saturated carbocycles. The van der Waals surface area contributed by atoms with Crippen LogP contribution < -0.4 is 10.2 Å². The van der Waals surface area contributed by atoms with Gasteiger partial charge < -0.3 is 10.2 Å². The number of nitrogens with one attached hydrogen (secondary N) is 1. The van der Waals surface area contributed by atoms with Gasteiger partial charge in [-0.3, -0.25) is 14.5 Å². The zero-order valence-electron chi connectivity index (χ0n) is 17.2. The van der Waals surface area contributed by atoms with Gasteiger partial charge in [0.1, 0.15) is 6.17 Å². The van der Waals surface area contributed by atoms with Crippen LogP contribution in [-0.4, -0.2) is 28.2 Å². The molecule has 30 heavy (non-hydrogen) atoms. The fraction of sp³-hybridized carbons (Fsp3) is 0.261. The number of thiazole rings is 1. The quantitative estimate of drug-likeness (QED) is 0.627. The zero-order valence-corrected chi connectivity index (χ0v) is 18.0. The largest absolute Gasteiger partial charge is 0.359 e. The van der Waals surface area contributed by atoms with Crippen LogP contribution in [0.4, 0.5) is 16.5 Å². The normalized spacial score (nSPS) is 15.7. The topological polar surface area (TPSA) is 65.5 Å². The van der Waals surface area contributed by atoms with Gasteiger partial charge in [0.05, 0.1) is 16.9 Å². The van der Waals surface area contributed by atoms with Crippen molar-refractivity contribution >= 4 is 39.7 Å². The second-order valence-electron chi connectivity index (χ2n) is 7.69. The summed E-state index contributed by atoms with van der Waals surface area (Å²) in [5.41, 5.74) is 2.96. The molecule has 6 nitrogen and oxygen atoms in total. The van der Waals surface area contributed by atoms with E-state index in [-0.39, 0.29) is 18.0 Å². The van der Waals surface area contributed by atoms with E-state index >= 15 is 0 Å². The van der Waals surface area contributed by atoms with Crippen LogP contribution in [0.15, 0.2) is 60.0 Å². The van der Waals surface area contributed by atoms with Crippen LogP contribution in [0.1, 0.15) is 43.0 Å². The minimum Gasteiger partial charge on any atom is -0.359 e. The Labute approximate surface area is 180 Å². The molecule has 3 aromatic rings. The summed E-state index contributed by atoms with van der Waals surface area (Å²) in [4.78, 5) is 33.8. The third-order valence-electron chi connectivity index (χ3n) is 4.89. The molecule has 0 aliphatic carbocycles. The summed E-state index contributed by atoms with van der Waals surface area (Å²) in [6, 6.07) is 17.0. The summed E-state index contributed by atoms with van der Waals surface area (Å²) in [5, 5.41) is 5.97. The number of amides is 2. The average molecular weight is 421 g/mol. The maximum Gasteiger partial charge on any atom is 0.257 e. The second-order valence-corrected chi connectivity index (χ2v) is 8.53. The molecule has 1 N–H and O–H groups in total. The number of para-hydroxylation sites is 2. The molecule has 0 spiro atoms. The van der Waals surface area contributed by atoms with Crippen molar-refractivity contribution in [2.75, 3.05) is 16.8 Å². The summed E-state index contributed by atoms with van der Waals surface area (Å²) >= 11 is 1.39. The number of fused-ring (bicyclic) bond motifs is 1. The Hall–Kier alpha value is -3.19. The average Bonchev–Trinajstić information content (AvgIpc) is 3.20. The molecule has 2 heterocycles. The highest BCUT2D eigenvalue weighted by Crippen LogP contribution is 2.36. The first-order chi connectivity index (χ1) is 14.5. The lowest BCUT2D eigenvalue weighted by Gasteiger charge is -2.38. The van der Waals surface area contributed by atoms with Crippen LogP contribution in [0.5, 0.6) is 0 Å². The molecule has 2 aromatic carbocycles. The van der Waals surface area contributed by atoms with Gasteiger partial charge in [0.15, 0.2) is 5.13 Å². The fourth-order valence-electron chi connectivity index (χ4n) is 3.62. The predicted octanol–water partition coefficient (Wildman–Crippen LogP) is 5.05. The van der Waals surface area contributed by atoms with Crippen LogP contribution >= 0.6 is 11.3 Å². The first kappa shape index (κ1) is 20.1. The Morgan fingerprint density at radius 2 is 1.87 bits per heavy atom. The van der Waals surface area contributed by atoms with Crippen molar-refractivity contribution in [1.29, 1.82) is 0 Å². The maximum absolute atomic E-state index is 13.2. The minimum absolute atomic E-state index is 0.0101. The van der Waals surface area contributed by atoms with E-state index in [1.54, 1.807) is 4.90 Å². The molecule has 7 heteroatoms. The molecule has 1 unspecified atom stereocenters. The van der Waals surface area contributed by atoms with E-state index in [1.807, 2.05) is 64.9 Å². The van der Waals surface area contributed by atoms with E-state index in [4.69, 9.17) is 4.98 Å². The number of aromatic nitrogens is 1. The van der Waals surface area contributed by atoms with Gasteiger partial charge >= 0.3 is 0 Å². The van der Waals surface area contributed by atoms with E-state index in [2.05, 4.69) is 19.2 Å². The minimum atomic E-state index is -0.385. The van der Waals surface area contributed by atoms with Gasteiger partial charge in [-0.15, -0.1) is 11.3 Å². The molecule has 2 amide bonds. The van der Waals surface area contributed by atoms with Crippen molar-refractivity contribution in [2.45, 2.75) is 26.9 Å². The first-order valence-electron chi connectivity index (χ1n) is 9.93. The van der Waals surface area contributed by atoms with Gasteiger partial charge in [-0.2, -0.15) is 0 Å². The van der Waals surface area contributed by atoms with E-state index < -0.39 is 0 Å². The molecule has 1 aliphatic rings. The highest BCUT2D eigenvalue weighted by atomic mass is 32.1. The van der Waals surface area contributed by atoms with Gasteiger partial charge in [-0.1, -0.05) is 44.2 Å². The van der Waals surface area contributed by atoms with Crippen LogP contribution in [0.3, 0.4) is 0 Å². The number of hydrogen-bond donors (Lipinski definition) is 1. The van der Waals surface area contributed by atoms with Crippen LogP contribution in [0.2, 0.25) is 0 Å². The van der Waals surface area contributed by atoms with Crippen molar-refractivity contribution in [3.63, 3.8) is 0 Å². The third-order valence-corrected chi connectivity index (χ3v) is 5.74. The Kier molecular flexibility index (Phi) is 5.55. The maximum atomic E-state index is 13.2. The first-order valence-corrected chi connectivity index (χ1v) is 10.8. The molecule has 1 aromatic heterocycles. The molecule has 1 aliphatic heterocycles. The molecular weight excluding hydrogens is 396 g/mol. The second kappa shape index (κ2) is 8.28. The van der Waals surface area contributed by atoms with Crippen molar-refractivity contribution in [3.8, 4) is 0 Å². The van der Waals surface area contributed by atoms with Crippen LogP contribution in [0.25, 0.3) is 0 Å². The Morgan fingerprint density at radius 3 is 2.57 bits per heavy atom. The number of carbonyl (C=O) groups excluding carboxylic acids is 2. The third kappa shape index (κ3) is 3.80. The SMILES string of the molecule is CC(=O)N(c1ccccc1)c1nc(C2Nc3ccccc3C(=O)N2CC(C)C)cs1. The van der Waals surface area contributed by atoms with Crippen molar-refractivity contribution in [3.05, 3.63) is 71.2 Å². The van der Waals surface area contributed by atoms with Gasteiger partial charge in [0.25, 0.3) is 5.91 Å². The molecule has 0 radical (unpaired) electrons. The van der Waals surface area contributed by atoms with Crippen molar-refractivity contribution in [2.24, 2.45) is 5.92 Å². The van der Waals surface area contributed by atoms with Crippen molar-refractivity contribution < 1.29 is 9.59 Å². The number of anilines is 3. The number of carbonyl (C=O) groups is 2. The van der Waals surface area contributed by atoms with E-state index in [0.717, 1.165) is 17.1 Å². The lowest BCUT2D eigenvalue weighted by atomic mass is 10.0. The van der Waals surface area contributed by atoms with Gasteiger partial charge in [-0.25, -0.2) is 4.98 Å². The lowest BCUT2D eigenvalue weighted by molar-refractivity contribution is -0.115. The number of benzene rings is 2. The highest BCUT2D eigenvalue weighted by molar-refractivity contribution is 7.14. The summed E-state index contributed by atoms with van der Waals surface area (Å²) < 4.78 is 0.